The number of carbonyl (C=O) groups is 2. The molecule has 1 heterocycles. The minimum atomic E-state index is -0.713. The first-order valence-corrected chi connectivity index (χ1v) is 6.94. The summed E-state index contributed by atoms with van der Waals surface area (Å²) in [5, 5.41) is 9.35. The van der Waals surface area contributed by atoms with E-state index in [0.29, 0.717) is 5.82 Å². The van der Waals surface area contributed by atoms with Gasteiger partial charge in [-0.3, -0.25) is 4.79 Å². The third kappa shape index (κ3) is 5.45. The van der Waals surface area contributed by atoms with Crippen LogP contribution in [0, 0.1) is 0 Å². The number of anilines is 1. The highest BCUT2D eigenvalue weighted by Gasteiger charge is 2.21. The topological polar surface area (TPSA) is 85.3 Å². The molecule has 1 aromatic heterocycles. The smallest absolute Gasteiger partial charge is 0.408 e. The Balaban J connectivity index is 2.59. The lowest BCUT2D eigenvalue weighted by Crippen LogP contribution is -2.44. The summed E-state index contributed by atoms with van der Waals surface area (Å²) in [6.07, 6.45) is 0.990. The van der Waals surface area contributed by atoms with Gasteiger partial charge in [-0.2, -0.15) is 5.10 Å². The Bertz CT molecular complexity index is 503. The molecule has 0 aliphatic heterocycles. The second-order valence-corrected chi connectivity index (χ2v) is 6.11. The molecule has 7 heteroatoms. The van der Waals surface area contributed by atoms with E-state index < -0.39 is 17.7 Å². The molecular formula is C14H24N4O3. The maximum atomic E-state index is 12.1. The van der Waals surface area contributed by atoms with Crippen LogP contribution < -0.4 is 10.6 Å². The van der Waals surface area contributed by atoms with Crippen molar-refractivity contribution in [3.63, 3.8) is 0 Å². The van der Waals surface area contributed by atoms with Gasteiger partial charge in [0.05, 0.1) is 6.20 Å². The molecule has 0 bridgehead atoms. The van der Waals surface area contributed by atoms with Crippen LogP contribution in [0.5, 0.6) is 0 Å². The molecule has 1 rings (SSSR count). The normalized spacial score (nSPS) is 12.9. The fourth-order valence-corrected chi connectivity index (χ4v) is 1.61. The molecule has 0 unspecified atom stereocenters. The summed E-state index contributed by atoms with van der Waals surface area (Å²) in [7, 11) is 0. The van der Waals surface area contributed by atoms with Crippen molar-refractivity contribution in [1.29, 1.82) is 0 Å². The highest BCUT2D eigenvalue weighted by atomic mass is 16.6. The largest absolute Gasteiger partial charge is 0.444 e. The Hall–Kier alpha value is -2.05. The zero-order chi connectivity index (χ0) is 16.2. The Morgan fingerprint density at radius 3 is 2.43 bits per heavy atom. The highest BCUT2D eigenvalue weighted by Crippen LogP contribution is 2.13. The molecule has 21 heavy (non-hydrogen) atoms. The van der Waals surface area contributed by atoms with E-state index in [9.17, 15) is 9.59 Å². The average Bonchev–Trinajstić information content (AvgIpc) is 2.74. The van der Waals surface area contributed by atoms with Crippen LogP contribution in [0.25, 0.3) is 0 Å². The monoisotopic (exact) mass is 296 g/mol. The second kappa shape index (κ2) is 6.60. The average molecular weight is 296 g/mol. The van der Waals surface area contributed by atoms with Gasteiger partial charge >= 0.3 is 6.09 Å². The van der Waals surface area contributed by atoms with E-state index in [0.717, 1.165) is 0 Å². The van der Waals surface area contributed by atoms with Crippen LogP contribution in [0.4, 0.5) is 10.6 Å². The van der Waals surface area contributed by atoms with Crippen molar-refractivity contribution in [2.24, 2.45) is 0 Å². The van der Waals surface area contributed by atoms with Gasteiger partial charge in [0.2, 0.25) is 5.91 Å². The highest BCUT2D eigenvalue weighted by molar-refractivity contribution is 5.95. The molecule has 0 aliphatic rings. The van der Waals surface area contributed by atoms with Crippen LogP contribution in [0.3, 0.4) is 0 Å². The van der Waals surface area contributed by atoms with E-state index in [4.69, 9.17) is 4.74 Å². The van der Waals surface area contributed by atoms with E-state index in [1.807, 2.05) is 13.8 Å². The lowest BCUT2D eigenvalue weighted by Gasteiger charge is -2.21. The molecule has 1 atom stereocenters. The van der Waals surface area contributed by atoms with Crippen molar-refractivity contribution in [2.45, 2.75) is 59.2 Å². The standard InChI is InChI=1S/C14H24N4O3/c1-9(2)18-11(7-8-15-18)17-12(19)10(3)16-13(20)21-14(4,5)6/h7-10H,1-6H3,(H,16,20)(H,17,19)/t10-/m1/s1. The molecule has 0 saturated heterocycles. The first-order valence-electron chi connectivity index (χ1n) is 6.94. The number of alkyl carbamates (subject to hydrolysis) is 1. The van der Waals surface area contributed by atoms with Gasteiger partial charge in [-0.25, -0.2) is 9.48 Å². The molecule has 0 saturated carbocycles. The molecule has 0 aromatic carbocycles. The number of amides is 2. The minimum absolute atomic E-state index is 0.129. The molecular weight excluding hydrogens is 272 g/mol. The van der Waals surface area contributed by atoms with Crippen molar-refractivity contribution in [1.82, 2.24) is 15.1 Å². The fourth-order valence-electron chi connectivity index (χ4n) is 1.61. The van der Waals surface area contributed by atoms with Gasteiger partial charge in [0.15, 0.2) is 0 Å². The molecule has 2 N–H and O–H groups in total. The lowest BCUT2D eigenvalue weighted by atomic mass is 10.2. The Morgan fingerprint density at radius 2 is 1.90 bits per heavy atom. The van der Waals surface area contributed by atoms with Crippen LogP contribution in [0.15, 0.2) is 12.3 Å². The van der Waals surface area contributed by atoms with Crippen LogP contribution in [-0.4, -0.2) is 33.4 Å². The maximum Gasteiger partial charge on any atom is 0.408 e. The van der Waals surface area contributed by atoms with Gasteiger partial charge in [0.25, 0.3) is 0 Å². The fraction of sp³-hybridized carbons (Fsp3) is 0.643. The quantitative estimate of drug-likeness (QED) is 0.893. The van der Waals surface area contributed by atoms with Gasteiger partial charge in [0, 0.05) is 12.1 Å². The van der Waals surface area contributed by atoms with E-state index in [1.165, 1.54) is 0 Å². The van der Waals surface area contributed by atoms with Crippen molar-refractivity contribution >= 4 is 17.8 Å². The van der Waals surface area contributed by atoms with Crippen LogP contribution >= 0.6 is 0 Å². The number of nitrogens with one attached hydrogen (secondary N) is 2. The minimum Gasteiger partial charge on any atom is -0.444 e. The molecule has 0 radical (unpaired) electrons. The maximum absolute atomic E-state index is 12.1. The van der Waals surface area contributed by atoms with Crippen LogP contribution in [-0.2, 0) is 9.53 Å². The number of nitrogens with zero attached hydrogens (tertiary/aromatic N) is 2. The zero-order valence-electron chi connectivity index (χ0n) is 13.4. The van der Waals surface area contributed by atoms with E-state index in [2.05, 4.69) is 15.7 Å². The molecule has 2 amide bonds. The summed E-state index contributed by atoms with van der Waals surface area (Å²) in [5.41, 5.74) is -0.601. The summed E-state index contributed by atoms with van der Waals surface area (Å²) in [5.74, 6) is 0.260. The van der Waals surface area contributed by atoms with Crippen molar-refractivity contribution < 1.29 is 14.3 Å². The first-order chi connectivity index (χ1) is 9.60. The van der Waals surface area contributed by atoms with Crippen LogP contribution in [0.1, 0.15) is 47.6 Å². The third-order valence-corrected chi connectivity index (χ3v) is 2.54. The molecule has 7 nitrogen and oxygen atoms in total. The third-order valence-electron chi connectivity index (χ3n) is 2.54. The van der Waals surface area contributed by atoms with Crippen molar-refractivity contribution in [2.75, 3.05) is 5.32 Å². The first kappa shape index (κ1) is 17.0. The molecule has 0 spiro atoms. The van der Waals surface area contributed by atoms with Gasteiger partial charge in [-0.15, -0.1) is 0 Å². The van der Waals surface area contributed by atoms with Gasteiger partial charge in [0.1, 0.15) is 17.5 Å². The van der Waals surface area contributed by atoms with Crippen LogP contribution in [0.2, 0.25) is 0 Å². The number of rotatable bonds is 4. The van der Waals surface area contributed by atoms with Crippen molar-refractivity contribution in [3.8, 4) is 0 Å². The summed E-state index contributed by atoms with van der Waals surface area (Å²) in [6.45, 7) is 10.8. The number of aromatic nitrogens is 2. The second-order valence-electron chi connectivity index (χ2n) is 6.11. The number of hydrogen-bond acceptors (Lipinski definition) is 4. The Morgan fingerprint density at radius 1 is 1.29 bits per heavy atom. The molecule has 118 valence electrons. The van der Waals surface area contributed by atoms with E-state index >= 15 is 0 Å². The number of hydrogen-bond donors (Lipinski definition) is 2. The molecule has 0 aliphatic carbocycles. The Kier molecular flexibility index (Phi) is 5.34. The van der Waals surface area contributed by atoms with E-state index in [-0.39, 0.29) is 11.9 Å². The predicted octanol–water partition coefficient (Wildman–Crippen LogP) is 2.32. The summed E-state index contributed by atoms with van der Waals surface area (Å²) < 4.78 is 6.80. The van der Waals surface area contributed by atoms with Gasteiger partial charge in [-0.1, -0.05) is 0 Å². The van der Waals surface area contributed by atoms with E-state index in [1.54, 1.807) is 44.6 Å². The number of ether oxygens (including phenoxy) is 1. The predicted molar refractivity (Wildman–Crippen MR) is 80.1 cm³/mol. The van der Waals surface area contributed by atoms with Gasteiger partial charge in [-0.05, 0) is 41.5 Å². The number of carbonyl (C=O) groups excluding carboxylic acids is 2. The summed E-state index contributed by atoms with van der Waals surface area (Å²) in [6, 6.07) is 1.12. The Labute approximate surface area is 125 Å². The SMILES string of the molecule is CC(C)n1nccc1NC(=O)[C@@H](C)NC(=O)OC(C)(C)C. The summed E-state index contributed by atoms with van der Waals surface area (Å²) >= 11 is 0. The molecule has 0 fully saturated rings. The van der Waals surface area contributed by atoms with Crippen molar-refractivity contribution in [3.05, 3.63) is 12.3 Å². The summed E-state index contributed by atoms with van der Waals surface area (Å²) in [4.78, 5) is 23.7. The molecule has 1 aromatic rings. The lowest BCUT2D eigenvalue weighted by molar-refractivity contribution is -0.117. The van der Waals surface area contributed by atoms with Gasteiger partial charge < -0.3 is 15.4 Å². The zero-order valence-corrected chi connectivity index (χ0v) is 13.4.